The van der Waals surface area contributed by atoms with Gasteiger partial charge in [0, 0.05) is 25.2 Å². The van der Waals surface area contributed by atoms with Gasteiger partial charge in [0.25, 0.3) is 0 Å². The number of carbonyl (C=O) groups excluding carboxylic acids is 1. The molecule has 3 rings (SSSR count). The SMILES string of the molecule is C[C@@H]1CN(C(=O)C2(N)Cc3ccccc3C2)C[C@H](C)N1. The molecule has 2 atom stereocenters. The summed E-state index contributed by atoms with van der Waals surface area (Å²) in [6, 6.07) is 8.86. The highest BCUT2D eigenvalue weighted by Crippen LogP contribution is 2.30. The number of hydrogen-bond donors (Lipinski definition) is 2. The van der Waals surface area contributed by atoms with Gasteiger partial charge in [0.1, 0.15) is 5.54 Å². The van der Waals surface area contributed by atoms with Crippen LogP contribution >= 0.6 is 0 Å². The average molecular weight is 273 g/mol. The molecule has 1 fully saturated rings. The molecule has 4 heteroatoms. The van der Waals surface area contributed by atoms with Crippen molar-refractivity contribution in [1.29, 1.82) is 0 Å². The quantitative estimate of drug-likeness (QED) is 0.791. The number of rotatable bonds is 1. The van der Waals surface area contributed by atoms with Gasteiger partial charge in [-0.05, 0) is 37.8 Å². The molecule has 0 bridgehead atoms. The minimum atomic E-state index is -0.750. The number of benzene rings is 1. The van der Waals surface area contributed by atoms with Crippen molar-refractivity contribution in [2.75, 3.05) is 13.1 Å². The molecule has 4 nitrogen and oxygen atoms in total. The van der Waals surface area contributed by atoms with E-state index in [1.165, 1.54) is 11.1 Å². The highest BCUT2D eigenvalue weighted by molar-refractivity contribution is 5.88. The second kappa shape index (κ2) is 4.86. The molecule has 0 radical (unpaired) electrons. The molecular weight excluding hydrogens is 250 g/mol. The van der Waals surface area contributed by atoms with E-state index in [4.69, 9.17) is 5.73 Å². The summed E-state index contributed by atoms with van der Waals surface area (Å²) in [4.78, 5) is 14.8. The van der Waals surface area contributed by atoms with Crippen molar-refractivity contribution in [3.63, 3.8) is 0 Å². The Morgan fingerprint density at radius 3 is 2.20 bits per heavy atom. The lowest BCUT2D eigenvalue weighted by Crippen LogP contribution is -2.63. The van der Waals surface area contributed by atoms with Gasteiger partial charge in [0.2, 0.25) is 5.91 Å². The number of nitrogens with one attached hydrogen (secondary N) is 1. The monoisotopic (exact) mass is 273 g/mol. The largest absolute Gasteiger partial charge is 0.338 e. The summed E-state index contributed by atoms with van der Waals surface area (Å²) >= 11 is 0. The van der Waals surface area contributed by atoms with E-state index in [1.807, 2.05) is 17.0 Å². The fourth-order valence-electron chi connectivity index (χ4n) is 3.60. The number of fused-ring (bicyclic) bond motifs is 1. The second-order valence-corrected chi connectivity index (χ2v) is 6.46. The van der Waals surface area contributed by atoms with E-state index in [9.17, 15) is 4.79 Å². The predicted octanol–water partition coefficient (Wildman–Crippen LogP) is 0.692. The zero-order chi connectivity index (χ0) is 14.3. The molecule has 3 N–H and O–H groups in total. The molecule has 0 spiro atoms. The standard InChI is InChI=1S/C16H23N3O/c1-11-9-19(10-12(2)18-11)15(20)16(17)7-13-5-3-4-6-14(13)8-16/h3-6,11-12,18H,7-10,17H2,1-2H3/t11-,12+. The molecule has 1 aliphatic carbocycles. The molecular formula is C16H23N3O. The lowest BCUT2D eigenvalue weighted by Gasteiger charge is -2.39. The summed E-state index contributed by atoms with van der Waals surface area (Å²) in [5.74, 6) is 0.105. The Morgan fingerprint density at radius 1 is 1.20 bits per heavy atom. The summed E-state index contributed by atoms with van der Waals surface area (Å²) in [6.45, 7) is 5.72. The first-order valence-electron chi connectivity index (χ1n) is 7.39. The lowest BCUT2D eigenvalue weighted by atomic mass is 9.94. The van der Waals surface area contributed by atoms with Crippen molar-refractivity contribution in [3.8, 4) is 0 Å². The minimum absolute atomic E-state index is 0.105. The summed E-state index contributed by atoms with van der Waals surface area (Å²) in [6.07, 6.45) is 1.32. The van der Waals surface area contributed by atoms with E-state index in [1.54, 1.807) is 0 Å². The number of nitrogens with zero attached hydrogens (tertiary/aromatic N) is 1. The number of hydrogen-bond acceptors (Lipinski definition) is 3. The zero-order valence-electron chi connectivity index (χ0n) is 12.2. The number of carbonyl (C=O) groups is 1. The van der Waals surface area contributed by atoms with Gasteiger partial charge in [-0.2, -0.15) is 0 Å². The van der Waals surface area contributed by atoms with Gasteiger partial charge in [-0.1, -0.05) is 24.3 Å². The third-order valence-electron chi connectivity index (χ3n) is 4.40. The molecule has 1 saturated heterocycles. The molecule has 1 amide bonds. The van der Waals surface area contributed by atoms with Crippen molar-refractivity contribution in [3.05, 3.63) is 35.4 Å². The first-order valence-corrected chi connectivity index (χ1v) is 7.39. The topological polar surface area (TPSA) is 58.4 Å². The Labute approximate surface area is 120 Å². The average Bonchev–Trinajstić information content (AvgIpc) is 2.74. The maximum absolute atomic E-state index is 12.9. The third-order valence-corrected chi connectivity index (χ3v) is 4.40. The van der Waals surface area contributed by atoms with E-state index >= 15 is 0 Å². The summed E-state index contributed by atoms with van der Waals surface area (Å²) in [5.41, 5.74) is 8.16. The van der Waals surface area contributed by atoms with Gasteiger partial charge in [-0.15, -0.1) is 0 Å². The molecule has 2 aliphatic rings. The lowest BCUT2D eigenvalue weighted by molar-refractivity contribution is -0.138. The van der Waals surface area contributed by atoms with E-state index in [0.717, 1.165) is 13.1 Å². The van der Waals surface area contributed by atoms with Gasteiger partial charge >= 0.3 is 0 Å². The Hall–Kier alpha value is -1.39. The van der Waals surface area contributed by atoms with Crippen LogP contribution in [-0.4, -0.2) is 41.5 Å². The molecule has 1 aliphatic heterocycles. The van der Waals surface area contributed by atoms with Crippen molar-refractivity contribution < 1.29 is 4.79 Å². The maximum atomic E-state index is 12.9. The highest BCUT2D eigenvalue weighted by atomic mass is 16.2. The van der Waals surface area contributed by atoms with Gasteiger partial charge < -0.3 is 16.0 Å². The predicted molar refractivity (Wildman–Crippen MR) is 79.4 cm³/mol. The van der Waals surface area contributed by atoms with Crippen molar-refractivity contribution in [2.24, 2.45) is 5.73 Å². The van der Waals surface area contributed by atoms with Crippen molar-refractivity contribution >= 4 is 5.91 Å². The van der Waals surface area contributed by atoms with Gasteiger partial charge in [0.15, 0.2) is 0 Å². The van der Waals surface area contributed by atoms with E-state index in [0.29, 0.717) is 24.9 Å². The Bertz CT molecular complexity index is 493. The van der Waals surface area contributed by atoms with Crippen LogP contribution in [0.25, 0.3) is 0 Å². The molecule has 108 valence electrons. The molecule has 0 unspecified atom stereocenters. The Morgan fingerprint density at radius 2 is 1.70 bits per heavy atom. The van der Waals surface area contributed by atoms with Crippen LogP contribution in [0.15, 0.2) is 24.3 Å². The van der Waals surface area contributed by atoms with Crippen molar-refractivity contribution in [2.45, 2.75) is 44.3 Å². The number of nitrogens with two attached hydrogens (primary N) is 1. The van der Waals surface area contributed by atoms with Crippen LogP contribution in [0, 0.1) is 0 Å². The molecule has 20 heavy (non-hydrogen) atoms. The van der Waals surface area contributed by atoms with Gasteiger partial charge in [0.05, 0.1) is 0 Å². The van der Waals surface area contributed by atoms with Gasteiger partial charge in [-0.3, -0.25) is 4.79 Å². The van der Waals surface area contributed by atoms with Crippen molar-refractivity contribution in [1.82, 2.24) is 10.2 Å². The third kappa shape index (κ3) is 2.34. The van der Waals surface area contributed by atoms with Crippen LogP contribution in [0.5, 0.6) is 0 Å². The van der Waals surface area contributed by atoms with Crippen LogP contribution in [0.2, 0.25) is 0 Å². The molecule has 1 aromatic rings. The summed E-state index contributed by atoms with van der Waals surface area (Å²) in [5, 5.41) is 3.45. The van der Waals surface area contributed by atoms with Crippen LogP contribution in [0.3, 0.4) is 0 Å². The van der Waals surface area contributed by atoms with E-state index in [2.05, 4.69) is 31.3 Å². The second-order valence-electron chi connectivity index (χ2n) is 6.46. The highest BCUT2D eigenvalue weighted by Gasteiger charge is 2.43. The molecule has 0 saturated carbocycles. The smallest absolute Gasteiger partial charge is 0.243 e. The Balaban J connectivity index is 1.78. The van der Waals surface area contributed by atoms with Gasteiger partial charge in [-0.25, -0.2) is 0 Å². The minimum Gasteiger partial charge on any atom is -0.338 e. The summed E-state index contributed by atoms with van der Waals surface area (Å²) < 4.78 is 0. The van der Waals surface area contributed by atoms with Crippen LogP contribution in [0.1, 0.15) is 25.0 Å². The number of amides is 1. The molecule has 1 heterocycles. The first kappa shape index (κ1) is 13.6. The fourth-order valence-corrected chi connectivity index (χ4v) is 3.60. The van der Waals surface area contributed by atoms with E-state index < -0.39 is 5.54 Å². The zero-order valence-corrected chi connectivity index (χ0v) is 12.2. The molecule has 1 aromatic carbocycles. The van der Waals surface area contributed by atoms with Crippen LogP contribution < -0.4 is 11.1 Å². The fraction of sp³-hybridized carbons (Fsp3) is 0.562. The van der Waals surface area contributed by atoms with E-state index in [-0.39, 0.29) is 5.91 Å². The maximum Gasteiger partial charge on any atom is 0.243 e. The van der Waals surface area contributed by atoms with Crippen LogP contribution in [-0.2, 0) is 17.6 Å². The first-order chi connectivity index (χ1) is 9.48. The molecule has 0 aromatic heterocycles. The van der Waals surface area contributed by atoms with Crippen LogP contribution in [0.4, 0.5) is 0 Å². The number of piperazine rings is 1. The Kier molecular flexibility index (Phi) is 3.30. The normalized spacial score (nSPS) is 28.2. The summed E-state index contributed by atoms with van der Waals surface area (Å²) in [7, 11) is 0.